The van der Waals surface area contributed by atoms with Crippen LogP contribution in [0.1, 0.15) is 60.3 Å². The summed E-state index contributed by atoms with van der Waals surface area (Å²) in [4.78, 5) is 4.97. The van der Waals surface area contributed by atoms with E-state index in [1.807, 2.05) is 12.2 Å². The van der Waals surface area contributed by atoms with E-state index in [0.717, 1.165) is 17.2 Å². The molecule has 0 N–H and O–H groups in total. The van der Waals surface area contributed by atoms with E-state index in [4.69, 9.17) is 4.99 Å². The first-order valence-electron chi connectivity index (χ1n) is 7.73. The van der Waals surface area contributed by atoms with Crippen molar-refractivity contribution in [2.45, 2.75) is 65.8 Å². The number of hydrogen-bond acceptors (Lipinski definition) is 1. The van der Waals surface area contributed by atoms with Crippen LogP contribution >= 0.6 is 0 Å². The molecule has 1 aliphatic carbocycles. The van der Waals surface area contributed by atoms with Crippen LogP contribution in [0.2, 0.25) is 0 Å². The molecule has 0 unspecified atom stereocenters. The summed E-state index contributed by atoms with van der Waals surface area (Å²) in [6.07, 6.45) is 10.6. The summed E-state index contributed by atoms with van der Waals surface area (Å²) in [7, 11) is 0. The Kier molecular flexibility index (Phi) is 5.56. The Labute approximate surface area is 125 Å². The summed E-state index contributed by atoms with van der Waals surface area (Å²) in [5.74, 6) is 0.829. The molecule has 0 aromatic carbocycles. The van der Waals surface area contributed by atoms with Gasteiger partial charge in [0.15, 0.2) is 0 Å². The van der Waals surface area contributed by atoms with Gasteiger partial charge in [-0.1, -0.05) is 52.2 Å². The Morgan fingerprint density at radius 3 is 2.25 bits per heavy atom. The molecule has 0 aromatic rings. The van der Waals surface area contributed by atoms with E-state index >= 15 is 0 Å². The van der Waals surface area contributed by atoms with Gasteiger partial charge in [-0.3, -0.25) is 4.99 Å². The molecule has 0 spiro atoms. The van der Waals surface area contributed by atoms with E-state index < -0.39 is 0 Å². The minimum atomic E-state index is 0.0940. The predicted octanol–water partition coefficient (Wildman–Crippen LogP) is 5.74. The molecule has 0 heterocycles. The number of rotatable bonds is 4. The first-order chi connectivity index (χ1) is 9.18. The molecule has 112 valence electrons. The zero-order valence-corrected chi connectivity index (χ0v) is 14.0. The van der Waals surface area contributed by atoms with Crippen LogP contribution in [-0.2, 0) is 0 Å². The Balaban J connectivity index is 2.71. The fourth-order valence-electron chi connectivity index (χ4n) is 3.00. The highest BCUT2D eigenvalue weighted by Crippen LogP contribution is 2.42. The summed E-state index contributed by atoms with van der Waals surface area (Å²) in [6.45, 7) is 19.2. The quantitative estimate of drug-likeness (QED) is 0.457. The van der Waals surface area contributed by atoms with Gasteiger partial charge in [-0.15, -0.1) is 0 Å². The van der Waals surface area contributed by atoms with Crippen LogP contribution < -0.4 is 0 Å². The molecule has 0 atom stereocenters. The third kappa shape index (κ3) is 4.77. The molecule has 20 heavy (non-hydrogen) atoms. The van der Waals surface area contributed by atoms with Crippen molar-refractivity contribution in [3.8, 4) is 0 Å². The highest BCUT2D eigenvalue weighted by Gasteiger charge is 2.35. The summed E-state index contributed by atoms with van der Waals surface area (Å²) in [5, 5.41) is 0. The van der Waals surface area contributed by atoms with Crippen molar-refractivity contribution in [1.29, 1.82) is 0 Å². The molecule has 0 radical (unpaired) electrons. The van der Waals surface area contributed by atoms with Crippen molar-refractivity contribution in [2.75, 3.05) is 0 Å². The Bertz CT molecular complexity index is 410. The standard InChI is InChI=1S/C19H31N/c1-8-9-10-15(2)16(3)20-19(7)13-11-17(12-14-19)18(4,5)6/h8-10,17H,1-2,11-14H2,3-7H3. The Morgan fingerprint density at radius 2 is 1.80 bits per heavy atom. The van der Waals surface area contributed by atoms with Crippen LogP contribution in [0.4, 0.5) is 0 Å². The van der Waals surface area contributed by atoms with Crippen molar-refractivity contribution in [2.24, 2.45) is 16.3 Å². The molecule has 0 aliphatic heterocycles. The van der Waals surface area contributed by atoms with Gasteiger partial charge < -0.3 is 0 Å². The Hall–Kier alpha value is -1.11. The van der Waals surface area contributed by atoms with Crippen LogP contribution in [0.25, 0.3) is 0 Å². The number of nitrogens with zero attached hydrogens (tertiary/aromatic N) is 1. The fourth-order valence-corrected chi connectivity index (χ4v) is 3.00. The van der Waals surface area contributed by atoms with Crippen molar-refractivity contribution >= 4 is 5.71 Å². The van der Waals surface area contributed by atoms with Crippen molar-refractivity contribution < 1.29 is 0 Å². The SMILES string of the molecule is C=CC=CC(=C)C(C)=NC1(C)CCC(C(C)(C)C)CC1. The summed E-state index contributed by atoms with van der Waals surface area (Å²) in [5.41, 5.74) is 2.57. The van der Waals surface area contributed by atoms with E-state index in [-0.39, 0.29) is 5.54 Å². The first kappa shape index (κ1) is 16.9. The van der Waals surface area contributed by atoms with Crippen LogP contribution in [0.3, 0.4) is 0 Å². The molecule has 0 bridgehead atoms. The molecule has 1 saturated carbocycles. The second-order valence-electron chi connectivity index (χ2n) is 7.45. The zero-order valence-electron chi connectivity index (χ0n) is 14.0. The van der Waals surface area contributed by atoms with Crippen molar-refractivity contribution in [3.63, 3.8) is 0 Å². The molecule has 1 fully saturated rings. The third-order valence-electron chi connectivity index (χ3n) is 4.62. The van der Waals surface area contributed by atoms with Crippen molar-refractivity contribution in [3.05, 3.63) is 37.0 Å². The van der Waals surface area contributed by atoms with Crippen LogP contribution in [0.5, 0.6) is 0 Å². The van der Waals surface area contributed by atoms with Gasteiger partial charge >= 0.3 is 0 Å². The highest BCUT2D eigenvalue weighted by atomic mass is 14.9. The van der Waals surface area contributed by atoms with E-state index in [1.54, 1.807) is 6.08 Å². The fraction of sp³-hybridized carbons (Fsp3) is 0.632. The van der Waals surface area contributed by atoms with Crippen LogP contribution in [0.15, 0.2) is 42.0 Å². The smallest absolute Gasteiger partial charge is 0.0583 e. The lowest BCUT2D eigenvalue weighted by Crippen LogP contribution is -2.34. The molecule has 0 aromatic heterocycles. The van der Waals surface area contributed by atoms with E-state index in [0.29, 0.717) is 5.41 Å². The van der Waals surface area contributed by atoms with Gasteiger partial charge in [0.25, 0.3) is 0 Å². The maximum absolute atomic E-state index is 4.97. The minimum absolute atomic E-state index is 0.0940. The van der Waals surface area contributed by atoms with Gasteiger partial charge in [0.2, 0.25) is 0 Å². The second-order valence-corrected chi connectivity index (χ2v) is 7.45. The van der Waals surface area contributed by atoms with E-state index in [1.165, 1.54) is 25.7 Å². The van der Waals surface area contributed by atoms with E-state index in [9.17, 15) is 0 Å². The summed E-state index contributed by atoms with van der Waals surface area (Å²) in [6, 6.07) is 0. The average molecular weight is 273 g/mol. The van der Waals surface area contributed by atoms with Crippen molar-refractivity contribution in [1.82, 2.24) is 0 Å². The minimum Gasteiger partial charge on any atom is -0.283 e. The largest absolute Gasteiger partial charge is 0.283 e. The maximum atomic E-state index is 4.97. The number of allylic oxidation sites excluding steroid dienone is 4. The van der Waals surface area contributed by atoms with Gasteiger partial charge in [-0.2, -0.15) is 0 Å². The van der Waals surface area contributed by atoms with Gasteiger partial charge in [0, 0.05) is 5.71 Å². The second kappa shape index (κ2) is 6.56. The first-order valence-corrected chi connectivity index (χ1v) is 7.73. The maximum Gasteiger partial charge on any atom is 0.0583 e. The lowest BCUT2D eigenvalue weighted by atomic mass is 9.68. The molecule has 1 heteroatoms. The Morgan fingerprint density at radius 1 is 1.25 bits per heavy atom. The van der Waals surface area contributed by atoms with Gasteiger partial charge in [-0.25, -0.2) is 0 Å². The summed E-state index contributed by atoms with van der Waals surface area (Å²) < 4.78 is 0. The average Bonchev–Trinajstić information content (AvgIpc) is 2.34. The molecule has 1 nitrogen and oxygen atoms in total. The zero-order chi connectivity index (χ0) is 15.4. The number of hydrogen-bond donors (Lipinski definition) is 0. The molecule has 0 amide bonds. The molecular formula is C19H31N. The lowest BCUT2D eigenvalue weighted by Gasteiger charge is -2.40. The molecule has 1 aliphatic rings. The summed E-state index contributed by atoms with van der Waals surface area (Å²) >= 11 is 0. The molecule has 0 saturated heterocycles. The van der Waals surface area contributed by atoms with Crippen LogP contribution in [-0.4, -0.2) is 11.3 Å². The van der Waals surface area contributed by atoms with E-state index in [2.05, 4.69) is 47.8 Å². The number of aliphatic imine (C=N–C) groups is 1. The normalized spacial score (nSPS) is 28.6. The molecular weight excluding hydrogens is 242 g/mol. The predicted molar refractivity (Wildman–Crippen MR) is 91.4 cm³/mol. The third-order valence-corrected chi connectivity index (χ3v) is 4.62. The highest BCUT2D eigenvalue weighted by molar-refractivity contribution is 6.00. The van der Waals surface area contributed by atoms with Crippen LogP contribution in [0, 0.1) is 11.3 Å². The monoisotopic (exact) mass is 273 g/mol. The van der Waals surface area contributed by atoms with Gasteiger partial charge in [-0.05, 0) is 56.4 Å². The topological polar surface area (TPSA) is 12.4 Å². The lowest BCUT2D eigenvalue weighted by molar-refractivity contribution is 0.142. The molecule has 1 rings (SSSR count). The van der Waals surface area contributed by atoms with Gasteiger partial charge in [0.05, 0.1) is 5.54 Å². The van der Waals surface area contributed by atoms with Gasteiger partial charge in [0.1, 0.15) is 0 Å².